The zero-order chi connectivity index (χ0) is 17.6. The van der Waals surface area contributed by atoms with E-state index in [0.29, 0.717) is 24.2 Å². The summed E-state index contributed by atoms with van der Waals surface area (Å²) in [5, 5.41) is 3.38. The molecule has 0 aliphatic carbocycles. The molecule has 5 heteroatoms. The van der Waals surface area contributed by atoms with Gasteiger partial charge in [0.2, 0.25) is 5.89 Å². The number of benzene rings is 2. The summed E-state index contributed by atoms with van der Waals surface area (Å²) in [5.41, 5.74) is 1.12. The van der Waals surface area contributed by atoms with Crippen molar-refractivity contribution in [1.29, 1.82) is 0 Å². The van der Waals surface area contributed by atoms with E-state index in [1.165, 1.54) is 0 Å². The standard InChI is InChI=1S/C21H22N2O3/c1-2-6-16(7-3-1)15-25-18-8-4-5-9-19(18)26-20(17-10-11-22-14-17)21-23-12-13-24-21/h1-9,12-13,17,20,22H,10-11,14-15H2. The molecule has 0 radical (unpaired) electrons. The van der Waals surface area contributed by atoms with Crippen molar-refractivity contribution in [1.82, 2.24) is 10.3 Å². The second-order valence-electron chi connectivity index (χ2n) is 6.38. The Bertz CT molecular complexity index is 799. The van der Waals surface area contributed by atoms with Crippen molar-refractivity contribution < 1.29 is 13.9 Å². The van der Waals surface area contributed by atoms with Gasteiger partial charge in [0.15, 0.2) is 17.6 Å². The summed E-state index contributed by atoms with van der Waals surface area (Å²) >= 11 is 0. The quantitative estimate of drug-likeness (QED) is 0.698. The van der Waals surface area contributed by atoms with E-state index < -0.39 is 0 Å². The van der Waals surface area contributed by atoms with E-state index in [-0.39, 0.29) is 6.10 Å². The first-order valence-electron chi connectivity index (χ1n) is 8.92. The molecule has 2 heterocycles. The average Bonchev–Trinajstić information content (AvgIpc) is 3.40. The Kier molecular flexibility index (Phi) is 5.17. The van der Waals surface area contributed by atoms with Crippen LogP contribution >= 0.6 is 0 Å². The number of para-hydroxylation sites is 2. The van der Waals surface area contributed by atoms with Gasteiger partial charge in [-0.3, -0.25) is 0 Å². The minimum atomic E-state index is -0.235. The molecule has 1 aliphatic rings. The molecule has 1 aromatic heterocycles. The van der Waals surface area contributed by atoms with E-state index in [4.69, 9.17) is 13.9 Å². The van der Waals surface area contributed by atoms with Crippen LogP contribution in [0.5, 0.6) is 11.5 Å². The Morgan fingerprint density at radius 2 is 1.88 bits per heavy atom. The van der Waals surface area contributed by atoms with Gasteiger partial charge in [0.1, 0.15) is 12.9 Å². The fourth-order valence-corrected chi connectivity index (χ4v) is 3.20. The highest BCUT2D eigenvalue weighted by atomic mass is 16.5. The number of hydrogen-bond acceptors (Lipinski definition) is 5. The van der Waals surface area contributed by atoms with E-state index in [2.05, 4.69) is 10.3 Å². The molecule has 5 nitrogen and oxygen atoms in total. The smallest absolute Gasteiger partial charge is 0.235 e. The third-order valence-corrected chi connectivity index (χ3v) is 4.56. The molecule has 4 rings (SSSR count). The Hall–Kier alpha value is -2.79. The summed E-state index contributed by atoms with van der Waals surface area (Å²) in [6, 6.07) is 17.9. The third kappa shape index (κ3) is 3.89. The summed E-state index contributed by atoms with van der Waals surface area (Å²) in [4.78, 5) is 4.32. The Balaban J connectivity index is 1.52. The molecule has 1 aliphatic heterocycles. The summed E-state index contributed by atoms with van der Waals surface area (Å²) in [6.07, 6.45) is 4.04. The zero-order valence-corrected chi connectivity index (χ0v) is 14.5. The zero-order valence-electron chi connectivity index (χ0n) is 14.5. The largest absolute Gasteiger partial charge is 0.485 e. The molecule has 134 valence electrons. The molecule has 2 aromatic carbocycles. The van der Waals surface area contributed by atoms with Crippen LogP contribution in [0.2, 0.25) is 0 Å². The fraction of sp³-hybridized carbons (Fsp3) is 0.286. The molecule has 0 saturated carbocycles. The summed E-state index contributed by atoms with van der Waals surface area (Å²) < 4.78 is 17.9. The van der Waals surface area contributed by atoms with Crippen LogP contribution in [-0.4, -0.2) is 18.1 Å². The summed E-state index contributed by atoms with van der Waals surface area (Å²) in [6.45, 7) is 2.37. The van der Waals surface area contributed by atoms with Gasteiger partial charge in [0.25, 0.3) is 0 Å². The molecule has 1 saturated heterocycles. The first-order valence-corrected chi connectivity index (χ1v) is 8.92. The molecule has 1 N–H and O–H groups in total. The Morgan fingerprint density at radius 3 is 2.62 bits per heavy atom. The molecule has 3 aromatic rings. The monoisotopic (exact) mass is 350 g/mol. The van der Waals surface area contributed by atoms with Crippen molar-refractivity contribution in [2.75, 3.05) is 13.1 Å². The number of hydrogen-bond donors (Lipinski definition) is 1. The van der Waals surface area contributed by atoms with E-state index in [9.17, 15) is 0 Å². The van der Waals surface area contributed by atoms with Gasteiger partial charge in [0, 0.05) is 12.5 Å². The van der Waals surface area contributed by atoms with Crippen molar-refractivity contribution in [3.8, 4) is 11.5 Å². The van der Waals surface area contributed by atoms with Crippen LogP contribution in [0.15, 0.2) is 71.5 Å². The number of nitrogens with one attached hydrogen (secondary N) is 1. The first-order chi connectivity index (χ1) is 12.9. The van der Waals surface area contributed by atoms with Gasteiger partial charge >= 0.3 is 0 Å². The maximum absolute atomic E-state index is 6.34. The first kappa shape index (κ1) is 16.7. The van der Waals surface area contributed by atoms with Crippen LogP contribution in [0.4, 0.5) is 0 Å². The Morgan fingerprint density at radius 1 is 1.08 bits per heavy atom. The van der Waals surface area contributed by atoms with E-state index >= 15 is 0 Å². The van der Waals surface area contributed by atoms with Crippen LogP contribution in [0.3, 0.4) is 0 Å². The van der Waals surface area contributed by atoms with Gasteiger partial charge in [0.05, 0.1) is 6.20 Å². The van der Waals surface area contributed by atoms with Crippen LogP contribution < -0.4 is 14.8 Å². The van der Waals surface area contributed by atoms with Gasteiger partial charge in [-0.15, -0.1) is 0 Å². The normalized spacial score (nSPS) is 17.8. The van der Waals surface area contributed by atoms with Crippen molar-refractivity contribution >= 4 is 0 Å². The van der Waals surface area contributed by atoms with Crippen LogP contribution in [-0.2, 0) is 6.61 Å². The highest BCUT2D eigenvalue weighted by Crippen LogP contribution is 2.36. The van der Waals surface area contributed by atoms with Crippen molar-refractivity contribution in [3.63, 3.8) is 0 Å². The lowest BCUT2D eigenvalue weighted by Crippen LogP contribution is -2.22. The van der Waals surface area contributed by atoms with Gasteiger partial charge in [-0.25, -0.2) is 4.98 Å². The number of aromatic nitrogens is 1. The average molecular weight is 350 g/mol. The van der Waals surface area contributed by atoms with Gasteiger partial charge in [-0.2, -0.15) is 0 Å². The van der Waals surface area contributed by atoms with Crippen molar-refractivity contribution in [2.24, 2.45) is 5.92 Å². The molecule has 0 spiro atoms. The molecule has 0 amide bonds. The molecular formula is C21H22N2O3. The number of oxazole rings is 1. The lowest BCUT2D eigenvalue weighted by molar-refractivity contribution is 0.108. The number of rotatable bonds is 7. The minimum Gasteiger partial charge on any atom is -0.485 e. The molecule has 2 unspecified atom stereocenters. The van der Waals surface area contributed by atoms with Crippen LogP contribution in [0.1, 0.15) is 24.0 Å². The molecule has 26 heavy (non-hydrogen) atoms. The summed E-state index contributed by atoms with van der Waals surface area (Å²) in [5.74, 6) is 2.35. The lowest BCUT2D eigenvalue weighted by Gasteiger charge is -2.23. The highest BCUT2D eigenvalue weighted by molar-refractivity contribution is 5.40. The second-order valence-corrected chi connectivity index (χ2v) is 6.38. The minimum absolute atomic E-state index is 0.235. The predicted molar refractivity (Wildman–Crippen MR) is 98.1 cm³/mol. The van der Waals surface area contributed by atoms with Crippen LogP contribution in [0.25, 0.3) is 0 Å². The van der Waals surface area contributed by atoms with E-state index in [0.717, 1.165) is 30.8 Å². The fourth-order valence-electron chi connectivity index (χ4n) is 3.20. The molecular weight excluding hydrogens is 328 g/mol. The maximum Gasteiger partial charge on any atom is 0.235 e. The molecule has 1 fully saturated rings. The van der Waals surface area contributed by atoms with Crippen molar-refractivity contribution in [3.05, 3.63) is 78.5 Å². The SMILES string of the molecule is c1ccc(COc2ccccc2OC(c2ncco2)C2CCNC2)cc1. The molecule has 2 atom stereocenters. The van der Waals surface area contributed by atoms with Gasteiger partial charge in [-0.05, 0) is 30.7 Å². The van der Waals surface area contributed by atoms with Gasteiger partial charge < -0.3 is 19.2 Å². The van der Waals surface area contributed by atoms with Crippen LogP contribution in [0, 0.1) is 5.92 Å². The predicted octanol–water partition coefficient (Wildman–Crippen LogP) is 3.98. The lowest BCUT2D eigenvalue weighted by atomic mass is 10.0. The maximum atomic E-state index is 6.34. The van der Waals surface area contributed by atoms with Crippen molar-refractivity contribution in [2.45, 2.75) is 19.1 Å². The number of ether oxygens (including phenoxy) is 2. The Labute approximate surface area is 153 Å². The second kappa shape index (κ2) is 8.06. The van der Waals surface area contributed by atoms with E-state index in [1.807, 2.05) is 54.6 Å². The summed E-state index contributed by atoms with van der Waals surface area (Å²) in [7, 11) is 0. The number of nitrogens with zero attached hydrogens (tertiary/aromatic N) is 1. The third-order valence-electron chi connectivity index (χ3n) is 4.56. The van der Waals surface area contributed by atoms with E-state index in [1.54, 1.807) is 12.5 Å². The molecule has 0 bridgehead atoms. The highest BCUT2D eigenvalue weighted by Gasteiger charge is 2.32. The van der Waals surface area contributed by atoms with Gasteiger partial charge in [-0.1, -0.05) is 42.5 Å². The topological polar surface area (TPSA) is 56.5 Å².